The number of pyridine rings is 1. The van der Waals surface area contributed by atoms with Gasteiger partial charge < -0.3 is 9.88 Å². The molecule has 6 nitrogen and oxygen atoms in total. The molecular weight excluding hydrogens is 376 g/mol. The Bertz CT molecular complexity index is 1120. The highest BCUT2D eigenvalue weighted by Gasteiger charge is 2.30. The van der Waals surface area contributed by atoms with E-state index in [1.54, 1.807) is 0 Å². The van der Waals surface area contributed by atoms with Gasteiger partial charge in [-0.3, -0.25) is 19.5 Å². The standard InChI is InChI=1S/C24H26N4O2/c1-16-21-19(8-3-9-20(21)29)26-22(16)24(30)28-13-11-27(12-14-28)15-18-6-2-5-17-7-4-10-25-23(17)18/h2,4-7,10,26H,3,8-9,11-15H2,1H3. The van der Waals surface area contributed by atoms with Gasteiger partial charge in [-0.25, -0.2) is 0 Å². The first-order chi connectivity index (χ1) is 14.6. The second-order valence-electron chi connectivity index (χ2n) is 8.32. The number of Topliss-reactive ketones (excluding diaryl/α,β-unsaturated/α-hetero) is 1. The number of nitrogens with zero attached hydrogens (tertiary/aromatic N) is 3. The van der Waals surface area contributed by atoms with Crippen molar-refractivity contribution in [3.05, 3.63) is 64.6 Å². The van der Waals surface area contributed by atoms with E-state index in [1.807, 2.05) is 24.1 Å². The first-order valence-corrected chi connectivity index (χ1v) is 10.7. The third kappa shape index (κ3) is 3.31. The van der Waals surface area contributed by atoms with Gasteiger partial charge in [-0.1, -0.05) is 24.3 Å². The average Bonchev–Trinajstić information content (AvgIpc) is 3.12. The van der Waals surface area contributed by atoms with Crippen molar-refractivity contribution < 1.29 is 9.59 Å². The highest BCUT2D eigenvalue weighted by Crippen LogP contribution is 2.27. The molecule has 3 heterocycles. The largest absolute Gasteiger partial charge is 0.354 e. The third-order valence-corrected chi connectivity index (χ3v) is 6.42. The Kier molecular flexibility index (Phi) is 4.87. The van der Waals surface area contributed by atoms with Crippen LogP contribution in [-0.2, 0) is 13.0 Å². The molecule has 2 aromatic heterocycles. The molecule has 5 rings (SSSR count). The summed E-state index contributed by atoms with van der Waals surface area (Å²) in [5, 5.41) is 1.16. The predicted molar refractivity (Wildman–Crippen MR) is 116 cm³/mol. The van der Waals surface area contributed by atoms with Crippen molar-refractivity contribution in [3.63, 3.8) is 0 Å². The third-order valence-electron chi connectivity index (χ3n) is 6.42. The van der Waals surface area contributed by atoms with Gasteiger partial charge in [0.15, 0.2) is 5.78 Å². The van der Waals surface area contributed by atoms with Gasteiger partial charge in [-0.15, -0.1) is 0 Å². The molecule has 1 aliphatic heterocycles. The molecule has 1 N–H and O–H groups in total. The number of hydrogen-bond acceptors (Lipinski definition) is 4. The van der Waals surface area contributed by atoms with Gasteiger partial charge in [0.25, 0.3) is 5.91 Å². The number of rotatable bonds is 3. The minimum absolute atomic E-state index is 0.0150. The molecule has 30 heavy (non-hydrogen) atoms. The smallest absolute Gasteiger partial charge is 0.270 e. The van der Waals surface area contributed by atoms with E-state index in [-0.39, 0.29) is 11.7 Å². The van der Waals surface area contributed by atoms with Crippen LogP contribution in [0.3, 0.4) is 0 Å². The lowest BCUT2D eigenvalue weighted by Crippen LogP contribution is -2.48. The lowest BCUT2D eigenvalue weighted by Gasteiger charge is -2.34. The molecule has 0 radical (unpaired) electrons. The van der Waals surface area contributed by atoms with Crippen LogP contribution in [0.5, 0.6) is 0 Å². The van der Waals surface area contributed by atoms with E-state index in [0.29, 0.717) is 25.2 Å². The highest BCUT2D eigenvalue weighted by molar-refractivity contribution is 6.04. The van der Waals surface area contributed by atoms with Crippen molar-refractivity contribution >= 4 is 22.6 Å². The number of aryl methyl sites for hydroxylation is 1. The normalized spacial score (nSPS) is 17.4. The summed E-state index contributed by atoms with van der Waals surface area (Å²) in [4.78, 5) is 37.5. The van der Waals surface area contributed by atoms with E-state index in [0.717, 1.165) is 60.2 Å². The first-order valence-electron chi connectivity index (χ1n) is 10.7. The van der Waals surface area contributed by atoms with Crippen molar-refractivity contribution in [2.45, 2.75) is 32.7 Å². The van der Waals surface area contributed by atoms with Crippen LogP contribution < -0.4 is 0 Å². The zero-order chi connectivity index (χ0) is 20.7. The number of hydrogen-bond donors (Lipinski definition) is 1. The quantitative estimate of drug-likeness (QED) is 0.730. The predicted octanol–water partition coefficient (Wildman–Crippen LogP) is 3.35. The highest BCUT2D eigenvalue weighted by atomic mass is 16.2. The molecule has 0 saturated carbocycles. The molecule has 154 valence electrons. The number of nitrogens with one attached hydrogen (secondary N) is 1. The maximum atomic E-state index is 13.1. The molecule has 1 amide bonds. The minimum Gasteiger partial charge on any atom is -0.354 e. The van der Waals surface area contributed by atoms with E-state index < -0.39 is 0 Å². The molecule has 3 aromatic rings. The number of carbonyl (C=O) groups excluding carboxylic acids is 2. The van der Waals surface area contributed by atoms with E-state index in [1.165, 1.54) is 5.56 Å². The molecule has 6 heteroatoms. The van der Waals surface area contributed by atoms with Crippen LogP contribution in [-0.4, -0.2) is 57.6 Å². The Morgan fingerprint density at radius 1 is 1.10 bits per heavy atom. The molecule has 0 unspecified atom stereocenters. The van der Waals surface area contributed by atoms with Crippen LogP contribution in [0.1, 0.15) is 50.5 Å². The number of H-pyrrole nitrogens is 1. The van der Waals surface area contributed by atoms with Gasteiger partial charge in [0.05, 0.1) is 5.52 Å². The zero-order valence-electron chi connectivity index (χ0n) is 17.3. The summed E-state index contributed by atoms with van der Waals surface area (Å²) in [5.41, 5.74) is 5.39. The lowest BCUT2D eigenvalue weighted by molar-refractivity contribution is 0.0623. The Morgan fingerprint density at radius 2 is 1.90 bits per heavy atom. The summed E-state index contributed by atoms with van der Waals surface area (Å²) in [6.07, 6.45) is 4.13. The minimum atomic E-state index is 0.0150. The molecule has 2 aliphatic rings. The second kappa shape index (κ2) is 7.69. The zero-order valence-corrected chi connectivity index (χ0v) is 17.3. The SMILES string of the molecule is Cc1c(C(=O)N2CCN(Cc3cccc4cccnc34)CC2)[nH]c2c1C(=O)CCC2. The number of piperazine rings is 1. The van der Waals surface area contributed by atoms with Gasteiger partial charge in [-0.2, -0.15) is 0 Å². The molecule has 1 aromatic carbocycles. The van der Waals surface area contributed by atoms with E-state index in [9.17, 15) is 9.59 Å². The fraction of sp³-hybridized carbons (Fsp3) is 0.375. The molecule has 1 aliphatic carbocycles. The van der Waals surface area contributed by atoms with Crippen LogP contribution in [0.4, 0.5) is 0 Å². The number of carbonyl (C=O) groups is 2. The van der Waals surface area contributed by atoms with Crippen molar-refractivity contribution in [1.29, 1.82) is 0 Å². The van der Waals surface area contributed by atoms with Crippen molar-refractivity contribution in [2.24, 2.45) is 0 Å². The summed E-state index contributed by atoms with van der Waals surface area (Å²) in [6, 6.07) is 10.4. The maximum Gasteiger partial charge on any atom is 0.270 e. The van der Waals surface area contributed by atoms with Crippen molar-refractivity contribution in [2.75, 3.05) is 26.2 Å². The number of aromatic amines is 1. The topological polar surface area (TPSA) is 69.3 Å². The monoisotopic (exact) mass is 402 g/mol. The molecule has 0 atom stereocenters. The van der Waals surface area contributed by atoms with Crippen LogP contribution in [0, 0.1) is 6.92 Å². The van der Waals surface area contributed by atoms with Gasteiger partial charge in [-0.05, 0) is 37.0 Å². The molecular formula is C24H26N4O2. The number of aromatic nitrogens is 2. The summed E-state index contributed by atoms with van der Waals surface area (Å²) >= 11 is 0. The molecule has 0 bridgehead atoms. The van der Waals surface area contributed by atoms with Gasteiger partial charge in [0, 0.05) is 62.0 Å². The number of benzene rings is 1. The molecule has 1 saturated heterocycles. The Hall–Kier alpha value is -2.99. The van der Waals surface area contributed by atoms with Crippen molar-refractivity contribution in [3.8, 4) is 0 Å². The summed E-state index contributed by atoms with van der Waals surface area (Å²) in [5.74, 6) is 0.179. The van der Waals surface area contributed by atoms with Gasteiger partial charge in [0.1, 0.15) is 5.69 Å². The lowest BCUT2D eigenvalue weighted by atomic mass is 9.93. The van der Waals surface area contributed by atoms with Crippen LogP contribution in [0.2, 0.25) is 0 Å². The Morgan fingerprint density at radius 3 is 2.70 bits per heavy atom. The summed E-state index contributed by atoms with van der Waals surface area (Å²) in [6.45, 7) is 5.76. The van der Waals surface area contributed by atoms with Crippen molar-refractivity contribution in [1.82, 2.24) is 19.8 Å². The molecule has 0 spiro atoms. The second-order valence-corrected chi connectivity index (χ2v) is 8.32. The van der Waals surface area contributed by atoms with Gasteiger partial charge in [0.2, 0.25) is 0 Å². The first kappa shape index (κ1) is 19.0. The summed E-state index contributed by atoms with van der Waals surface area (Å²) in [7, 11) is 0. The maximum absolute atomic E-state index is 13.1. The number of amides is 1. The van der Waals surface area contributed by atoms with Crippen LogP contribution >= 0.6 is 0 Å². The Labute approximate surface area is 175 Å². The number of ketones is 1. The van der Waals surface area contributed by atoms with Crippen LogP contribution in [0.25, 0.3) is 10.9 Å². The fourth-order valence-corrected chi connectivity index (χ4v) is 4.79. The van der Waals surface area contributed by atoms with E-state index >= 15 is 0 Å². The van der Waals surface area contributed by atoms with E-state index in [2.05, 4.69) is 39.1 Å². The summed E-state index contributed by atoms with van der Waals surface area (Å²) < 4.78 is 0. The fourth-order valence-electron chi connectivity index (χ4n) is 4.79. The van der Waals surface area contributed by atoms with Crippen LogP contribution in [0.15, 0.2) is 36.5 Å². The average molecular weight is 402 g/mol. The Balaban J connectivity index is 1.27. The number of para-hydroxylation sites is 1. The van der Waals surface area contributed by atoms with E-state index in [4.69, 9.17) is 0 Å². The van der Waals surface area contributed by atoms with Gasteiger partial charge >= 0.3 is 0 Å². The molecule has 1 fully saturated rings. The number of fused-ring (bicyclic) bond motifs is 2.